The average molecular weight is 268 g/mol. The van der Waals surface area contributed by atoms with Crippen molar-refractivity contribution < 1.29 is 23.4 Å². The van der Waals surface area contributed by atoms with Crippen molar-refractivity contribution in [2.24, 2.45) is 0 Å². The van der Waals surface area contributed by atoms with E-state index in [2.05, 4.69) is 9.84 Å². The number of carboxylic acids is 1. The van der Waals surface area contributed by atoms with Crippen molar-refractivity contribution in [3.8, 4) is 17.0 Å². The summed E-state index contributed by atoms with van der Waals surface area (Å²) >= 11 is 0. The van der Waals surface area contributed by atoms with Gasteiger partial charge in [-0.3, -0.25) is 9.48 Å². The van der Waals surface area contributed by atoms with Crippen LogP contribution in [0.25, 0.3) is 11.3 Å². The molecule has 0 aliphatic rings. The van der Waals surface area contributed by atoms with Crippen LogP contribution in [0.3, 0.4) is 0 Å². The standard InChI is InChI=1S/C12H10F2N2O3/c13-12(14)19-10-4-2-1-3-8(10)9-5-6-16(15-9)7-11(17)18/h1-6,12H,7H2,(H,17,18). The molecule has 0 bridgehead atoms. The molecule has 0 saturated heterocycles. The zero-order chi connectivity index (χ0) is 13.8. The van der Waals surface area contributed by atoms with Crippen molar-refractivity contribution in [3.63, 3.8) is 0 Å². The Bertz CT molecular complexity index is 584. The van der Waals surface area contributed by atoms with E-state index >= 15 is 0 Å². The second-order valence-corrected chi connectivity index (χ2v) is 3.67. The first-order valence-electron chi connectivity index (χ1n) is 5.35. The molecule has 1 N–H and O–H groups in total. The van der Waals surface area contributed by atoms with Crippen LogP contribution in [0.5, 0.6) is 5.75 Å². The number of halogens is 2. The molecule has 2 rings (SSSR count). The highest BCUT2D eigenvalue weighted by Crippen LogP contribution is 2.29. The van der Waals surface area contributed by atoms with Gasteiger partial charge in [-0.25, -0.2) is 0 Å². The lowest BCUT2D eigenvalue weighted by Gasteiger charge is -2.08. The third-order valence-corrected chi connectivity index (χ3v) is 2.32. The number of aliphatic carboxylic acids is 1. The van der Waals surface area contributed by atoms with Gasteiger partial charge < -0.3 is 9.84 Å². The molecule has 1 aromatic carbocycles. The highest BCUT2D eigenvalue weighted by Gasteiger charge is 2.13. The first-order chi connectivity index (χ1) is 9.06. The Morgan fingerprint density at radius 1 is 1.37 bits per heavy atom. The van der Waals surface area contributed by atoms with Crippen LogP contribution in [-0.4, -0.2) is 27.5 Å². The first-order valence-corrected chi connectivity index (χ1v) is 5.35. The van der Waals surface area contributed by atoms with E-state index in [1.807, 2.05) is 0 Å². The molecule has 0 amide bonds. The van der Waals surface area contributed by atoms with Crippen LogP contribution in [0, 0.1) is 0 Å². The van der Waals surface area contributed by atoms with Crippen molar-refractivity contribution in [1.29, 1.82) is 0 Å². The van der Waals surface area contributed by atoms with Gasteiger partial charge in [0.05, 0.1) is 5.69 Å². The van der Waals surface area contributed by atoms with Gasteiger partial charge in [-0.1, -0.05) is 12.1 Å². The summed E-state index contributed by atoms with van der Waals surface area (Å²) in [6, 6.07) is 7.73. The summed E-state index contributed by atoms with van der Waals surface area (Å²) in [6.07, 6.45) is 1.46. The minimum absolute atomic E-state index is 0.00178. The second kappa shape index (κ2) is 5.47. The number of nitrogens with zero attached hydrogens (tertiary/aromatic N) is 2. The molecule has 1 heterocycles. The van der Waals surface area contributed by atoms with Crippen molar-refractivity contribution in [2.45, 2.75) is 13.2 Å². The molecular weight excluding hydrogens is 258 g/mol. The van der Waals surface area contributed by atoms with E-state index in [0.29, 0.717) is 11.3 Å². The van der Waals surface area contributed by atoms with Crippen molar-refractivity contribution in [3.05, 3.63) is 36.5 Å². The number of carbonyl (C=O) groups is 1. The Morgan fingerprint density at radius 2 is 2.11 bits per heavy atom. The van der Waals surface area contributed by atoms with Gasteiger partial charge in [0.15, 0.2) is 0 Å². The molecule has 2 aromatic rings. The third-order valence-electron chi connectivity index (χ3n) is 2.32. The lowest BCUT2D eigenvalue weighted by molar-refractivity contribution is -0.137. The molecule has 0 spiro atoms. The number of para-hydroxylation sites is 1. The molecule has 0 atom stereocenters. The van der Waals surface area contributed by atoms with Gasteiger partial charge in [0.1, 0.15) is 12.3 Å². The van der Waals surface area contributed by atoms with E-state index in [1.54, 1.807) is 18.2 Å². The topological polar surface area (TPSA) is 64.3 Å². The van der Waals surface area contributed by atoms with Crippen LogP contribution < -0.4 is 4.74 Å². The number of ether oxygens (including phenoxy) is 1. The summed E-state index contributed by atoms with van der Waals surface area (Å²) in [6.45, 7) is -3.22. The largest absolute Gasteiger partial charge is 0.480 e. The van der Waals surface area contributed by atoms with Crippen LogP contribution in [0.4, 0.5) is 8.78 Å². The van der Waals surface area contributed by atoms with Crippen LogP contribution in [-0.2, 0) is 11.3 Å². The maximum absolute atomic E-state index is 12.3. The van der Waals surface area contributed by atoms with E-state index in [0.717, 1.165) is 0 Å². The summed E-state index contributed by atoms with van der Waals surface area (Å²) in [7, 11) is 0. The summed E-state index contributed by atoms with van der Waals surface area (Å²) in [5, 5.41) is 12.6. The van der Waals surface area contributed by atoms with Crippen molar-refractivity contribution in [2.75, 3.05) is 0 Å². The highest BCUT2D eigenvalue weighted by molar-refractivity contribution is 5.68. The lowest BCUT2D eigenvalue weighted by atomic mass is 10.1. The number of hydrogen-bond donors (Lipinski definition) is 1. The Morgan fingerprint density at radius 3 is 2.79 bits per heavy atom. The normalized spacial score (nSPS) is 10.7. The predicted octanol–water partition coefficient (Wildman–Crippen LogP) is 2.24. The van der Waals surface area contributed by atoms with E-state index in [1.165, 1.54) is 23.0 Å². The second-order valence-electron chi connectivity index (χ2n) is 3.67. The number of rotatable bonds is 5. The zero-order valence-electron chi connectivity index (χ0n) is 9.66. The molecule has 0 unspecified atom stereocenters. The van der Waals surface area contributed by atoms with Gasteiger partial charge in [-0.15, -0.1) is 0 Å². The number of carboxylic acid groups (broad SMARTS) is 1. The summed E-state index contributed by atoms with van der Waals surface area (Å²) in [4.78, 5) is 10.5. The van der Waals surface area contributed by atoms with Gasteiger partial charge in [0.2, 0.25) is 0 Å². The van der Waals surface area contributed by atoms with E-state index in [-0.39, 0.29) is 12.3 Å². The van der Waals surface area contributed by atoms with Crippen molar-refractivity contribution >= 4 is 5.97 Å². The predicted molar refractivity (Wildman–Crippen MR) is 61.9 cm³/mol. The zero-order valence-corrected chi connectivity index (χ0v) is 9.66. The Labute approximate surface area is 107 Å². The molecule has 100 valence electrons. The third kappa shape index (κ3) is 3.27. The molecule has 7 heteroatoms. The molecule has 0 radical (unpaired) electrons. The highest BCUT2D eigenvalue weighted by atomic mass is 19.3. The maximum atomic E-state index is 12.3. The quantitative estimate of drug-likeness (QED) is 0.903. The molecule has 19 heavy (non-hydrogen) atoms. The molecule has 1 aromatic heterocycles. The lowest BCUT2D eigenvalue weighted by Crippen LogP contribution is -2.09. The monoisotopic (exact) mass is 268 g/mol. The number of alkyl halides is 2. The molecule has 0 aliphatic heterocycles. The molecule has 5 nitrogen and oxygen atoms in total. The van der Waals surface area contributed by atoms with Crippen LogP contribution in [0.2, 0.25) is 0 Å². The summed E-state index contributed by atoms with van der Waals surface area (Å²) < 4.78 is 30.1. The van der Waals surface area contributed by atoms with E-state index in [9.17, 15) is 13.6 Å². The van der Waals surface area contributed by atoms with Crippen LogP contribution in [0.15, 0.2) is 36.5 Å². The fourth-order valence-corrected chi connectivity index (χ4v) is 1.61. The SMILES string of the molecule is O=C(O)Cn1ccc(-c2ccccc2OC(F)F)n1. The fourth-order valence-electron chi connectivity index (χ4n) is 1.61. The first kappa shape index (κ1) is 13.0. The van der Waals surface area contributed by atoms with Crippen LogP contribution in [0.1, 0.15) is 0 Å². The van der Waals surface area contributed by atoms with Gasteiger partial charge in [-0.2, -0.15) is 13.9 Å². The minimum atomic E-state index is -2.93. The fraction of sp³-hybridized carbons (Fsp3) is 0.167. The smallest absolute Gasteiger partial charge is 0.387 e. The number of hydrogen-bond acceptors (Lipinski definition) is 3. The summed E-state index contributed by atoms with van der Waals surface area (Å²) in [5.41, 5.74) is 0.754. The van der Waals surface area contributed by atoms with Gasteiger partial charge in [0, 0.05) is 11.8 Å². The van der Waals surface area contributed by atoms with Gasteiger partial charge in [-0.05, 0) is 18.2 Å². The van der Waals surface area contributed by atoms with Gasteiger partial charge in [0.25, 0.3) is 0 Å². The number of benzene rings is 1. The number of aromatic nitrogens is 2. The maximum Gasteiger partial charge on any atom is 0.387 e. The Kier molecular flexibility index (Phi) is 3.74. The van der Waals surface area contributed by atoms with Gasteiger partial charge >= 0.3 is 12.6 Å². The minimum Gasteiger partial charge on any atom is -0.480 e. The Balaban J connectivity index is 2.30. The molecule has 0 fully saturated rings. The van der Waals surface area contributed by atoms with E-state index in [4.69, 9.17) is 5.11 Å². The van der Waals surface area contributed by atoms with Crippen LogP contribution >= 0.6 is 0 Å². The Hall–Kier alpha value is -2.44. The van der Waals surface area contributed by atoms with Crippen molar-refractivity contribution in [1.82, 2.24) is 9.78 Å². The molecular formula is C12H10F2N2O3. The van der Waals surface area contributed by atoms with E-state index < -0.39 is 12.6 Å². The molecule has 0 saturated carbocycles. The summed E-state index contributed by atoms with van der Waals surface area (Å²) in [5.74, 6) is -1.04. The molecule has 0 aliphatic carbocycles. The average Bonchev–Trinajstić information content (AvgIpc) is 2.76.